The standard InChI is InChI=1S/C12H12ClN3O2S/c1-7-9(17)3-2-8-6-16(4-5-18-10(7)8)12-15-14-11(13)19-12/h2-3,17H,4-6H2,1H3. The molecule has 0 unspecified atom stereocenters. The van der Waals surface area contributed by atoms with Gasteiger partial charge in [0.1, 0.15) is 18.1 Å². The summed E-state index contributed by atoms with van der Waals surface area (Å²) < 4.78 is 6.17. The summed E-state index contributed by atoms with van der Waals surface area (Å²) in [6.07, 6.45) is 0. The average Bonchev–Trinajstić information content (AvgIpc) is 2.71. The number of aromatic hydroxyl groups is 1. The van der Waals surface area contributed by atoms with Gasteiger partial charge < -0.3 is 14.7 Å². The number of anilines is 1. The molecule has 0 saturated carbocycles. The molecule has 0 fully saturated rings. The third kappa shape index (κ3) is 2.33. The van der Waals surface area contributed by atoms with Crippen LogP contribution in [0.5, 0.6) is 11.5 Å². The molecular weight excluding hydrogens is 286 g/mol. The van der Waals surface area contributed by atoms with Crippen LogP contribution in [0.15, 0.2) is 12.1 Å². The SMILES string of the molecule is Cc1c(O)ccc2c1OCCN(c1nnc(Cl)s1)C2. The largest absolute Gasteiger partial charge is 0.508 e. The summed E-state index contributed by atoms with van der Waals surface area (Å²) in [4.78, 5) is 2.08. The molecule has 0 aliphatic carbocycles. The Morgan fingerprint density at radius 2 is 2.26 bits per heavy atom. The zero-order valence-corrected chi connectivity index (χ0v) is 11.8. The van der Waals surface area contributed by atoms with Crippen molar-refractivity contribution < 1.29 is 9.84 Å². The van der Waals surface area contributed by atoms with Crippen molar-refractivity contribution in [2.75, 3.05) is 18.1 Å². The van der Waals surface area contributed by atoms with E-state index in [9.17, 15) is 5.11 Å². The Morgan fingerprint density at radius 1 is 1.42 bits per heavy atom. The van der Waals surface area contributed by atoms with Crippen molar-refractivity contribution in [1.82, 2.24) is 10.2 Å². The molecule has 0 spiro atoms. The van der Waals surface area contributed by atoms with E-state index in [4.69, 9.17) is 16.3 Å². The molecule has 5 nitrogen and oxygen atoms in total. The van der Waals surface area contributed by atoms with Crippen LogP contribution in [0.4, 0.5) is 5.13 Å². The maximum Gasteiger partial charge on any atom is 0.209 e. The minimum atomic E-state index is 0.256. The molecule has 1 aromatic carbocycles. The normalized spacial score (nSPS) is 14.7. The molecule has 7 heteroatoms. The van der Waals surface area contributed by atoms with E-state index in [2.05, 4.69) is 15.1 Å². The Labute approximate surface area is 119 Å². The number of fused-ring (bicyclic) bond motifs is 1. The van der Waals surface area contributed by atoms with E-state index in [-0.39, 0.29) is 5.75 Å². The number of benzene rings is 1. The molecule has 1 aliphatic heterocycles. The Bertz CT molecular complexity index is 617. The average molecular weight is 298 g/mol. The van der Waals surface area contributed by atoms with Crippen molar-refractivity contribution in [3.8, 4) is 11.5 Å². The number of hydrogen-bond donors (Lipinski definition) is 1. The summed E-state index contributed by atoms with van der Waals surface area (Å²) in [5.74, 6) is 1.02. The fourth-order valence-electron chi connectivity index (χ4n) is 2.09. The number of halogens is 1. The van der Waals surface area contributed by atoms with Crippen molar-refractivity contribution in [2.45, 2.75) is 13.5 Å². The summed E-state index contributed by atoms with van der Waals surface area (Å²) in [7, 11) is 0. The smallest absolute Gasteiger partial charge is 0.209 e. The van der Waals surface area contributed by atoms with Crippen LogP contribution in [0.2, 0.25) is 4.47 Å². The van der Waals surface area contributed by atoms with Crippen LogP contribution in [0.3, 0.4) is 0 Å². The number of hydrogen-bond acceptors (Lipinski definition) is 6. The van der Waals surface area contributed by atoms with Gasteiger partial charge in [-0.1, -0.05) is 11.3 Å². The molecule has 19 heavy (non-hydrogen) atoms. The first kappa shape index (κ1) is 12.5. The van der Waals surface area contributed by atoms with Gasteiger partial charge in [0.25, 0.3) is 0 Å². The molecule has 1 aromatic heterocycles. The summed E-state index contributed by atoms with van der Waals surface area (Å²) in [6, 6.07) is 3.56. The quantitative estimate of drug-likeness (QED) is 0.877. The lowest BCUT2D eigenvalue weighted by Gasteiger charge is -2.17. The van der Waals surface area contributed by atoms with Crippen LogP contribution < -0.4 is 9.64 Å². The fourth-order valence-corrected chi connectivity index (χ4v) is 2.94. The van der Waals surface area contributed by atoms with Crippen molar-refractivity contribution >= 4 is 28.1 Å². The van der Waals surface area contributed by atoms with Gasteiger partial charge in [0.15, 0.2) is 0 Å². The van der Waals surface area contributed by atoms with Crippen LogP contribution >= 0.6 is 22.9 Å². The van der Waals surface area contributed by atoms with E-state index in [0.29, 0.717) is 24.2 Å². The lowest BCUT2D eigenvalue weighted by Crippen LogP contribution is -2.25. The zero-order chi connectivity index (χ0) is 13.4. The maximum atomic E-state index is 9.72. The van der Waals surface area contributed by atoms with Crippen LogP contribution in [0.1, 0.15) is 11.1 Å². The van der Waals surface area contributed by atoms with Gasteiger partial charge in [-0.3, -0.25) is 0 Å². The molecule has 0 radical (unpaired) electrons. The molecular formula is C12H12ClN3O2S. The molecule has 0 saturated heterocycles. The number of ether oxygens (including phenoxy) is 1. The van der Waals surface area contributed by atoms with E-state index in [1.807, 2.05) is 13.0 Å². The van der Waals surface area contributed by atoms with Crippen LogP contribution in [-0.4, -0.2) is 28.5 Å². The topological polar surface area (TPSA) is 58.5 Å². The highest BCUT2D eigenvalue weighted by Gasteiger charge is 2.20. The summed E-state index contributed by atoms with van der Waals surface area (Å²) in [5, 5.41) is 18.4. The van der Waals surface area contributed by atoms with Crippen LogP contribution in [-0.2, 0) is 6.54 Å². The first-order valence-corrected chi connectivity index (χ1v) is 7.03. The molecule has 0 atom stereocenters. The minimum Gasteiger partial charge on any atom is -0.508 e. The highest BCUT2D eigenvalue weighted by molar-refractivity contribution is 7.19. The van der Waals surface area contributed by atoms with Gasteiger partial charge in [0.05, 0.1) is 6.54 Å². The highest BCUT2D eigenvalue weighted by atomic mass is 35.5. The highest BCUT2D eigenvalue weighted by Crippen LogP contribution is 2.34. The maximum absolute atomic E-state index is 9.72. The number of aromatic nitrogens is 2. The van der Waals surface area contributed by atoms with Crippen molar-refractivity contribution in [3.63, 3.8) is 0 Å². The third-order valence-corrected chi connectivity index (χ3v) is 4.17. The number of rotatable bonds is 1. The van der Waals surface area contributed by atoms with E-state index in [1.165, 1.54) is 11.3 Å². The molecule has 0 bridgehead atoms. The Hall–Kier alpha value is -1.53. The number of phenolic OH excluding ortho intramolecular Hbond substituents is 1. The van der Waals surface area contributed by atoms with Gasteiger partial charge >= 0.3 is 0 Å². The Balaban J connectivity index is 1.95. The van der Waals surface area contributed by atoms with Gasteiger partial charge in [-0.15, -0.1) is 10.2 Å². The molecule has 1 N–H and O–H groups in total. The minimum absolute atomic E-state index is 0.256. The zero-order valence-electron chi connectivity index (χ0n) is 10.3. The fraction of sp³-hybridized carbons (Fsp3) is 0.333. The molecule has 1 aliphatic rings. The van der Waals surface area contributed by atoms with Crippen molar-refractivity contribution in [3.05, 3.63) is 27.7 Å². The van der Waals surface area contributed by atoms with Crippen LogP contribution in [0.25, 0.3) is 0 Å². The molecule has 100 valence electrons. The molecule has 0 amide bonds. The number of nitrogens with zero attached hydrogens (tertiary/aromatic N) is 3. The summed E-state index contributed by atoms with van der Waals surface area (Å²) >= 11 is 7.17. The van der Waals surface area contributed by atoms with Gasteiger partial charge in [0, 0.05) is 17.7 Å². The van der Waals surface area contributed by atoms with E-state index in [0.717, 1.165) is 22.0 Å². The first-order valence-electron chi connectivity index (χ1n) is 5.83. The van der Waals surface area contributed by atoms with Crippen molar-refractivity contribution in [2.24, 2.45) is 0 Å². The van der Waals surface area contributed by atoms with E-state index >= 15 is 0 Å². The predicted molar refractivity (Wildman–Crippen MR) is 74.3 cm³/mol. The Morgan fingerprint density at radius 3 is 3.00 bits per heavy atom. The lowest BCUT2D eigenvalue weighted by atomic mass is 10.1. The van der Waals surface area contributed by atoms with Gasteiger partial charge in [-0.2, -0.15) is 0 Å². The molecule has 2 heterocycles. The van der Waals surface area contributed by atoms with Gasteiger partial charge in [0.2, 0.25) is 9.60 Å². The Kier molecular flexibility index (Phi) is 3.20. The van der Waals surface area contributed by atoms with E-state index < -0.39 is 0 Å². The monoisotopic (exact) mass is 297 g/mol. The summed E-state index contributed by atoms with van der Waals surface area (Å²) in [5.41, 5.74) is 1.80. The second-order valence-corrected chi connectivity index (χ2v) is 5.84. The second kappa shape index (κ2) is 4.86. The predicted octanol–water partition coefficient (Wildman–Crippen LogP) is 2.60. The van der Waals surface area contributed by atoms with Gasteiger partial charge in [-0.25, -0.2) is 0 Å². The van der Waals surface area contributed by atoms with Gasteiger partial charge in [-0.05, 0) is 30.7 Å². The first-order chi connectivity index (χ1) is 9.15. The molecule has 2 aromatic rings. The molecule has 3 rings (SSSR count). The van der Waals surface area contributed by atoms with E-state index in [1.54, 1.807) is 6.07 Å². The lowest BCUT2D eigenvalue weighted by molar-refractivity contribution is 0.326. The van der Waals surface area contributed by atoms with Crippen LogP contribution in [0, 0.1) is 6.92 Å². The second-order valence-electron chi connectivity index (χ2n) is 4.31. The summed E-state index contributed by atoms with van der Waals surface area (Å²) in [6.45, 7) is 3.77. The third-order valence-electron chi connectivity index (χ3n) is 3.09. The van der Waals surface area contributed by atoms with Crippen molar-refractivity contribution in [1.29, 1.82) is 0 Å². The number of phenols is 1.